The molecule has 0 fully saturated rings. The topological polar surface area (TPSA) is 27.1 Å². The molecule has 6 heteroatoms. The van der Waals surface area contributed by atoms with Gasteiger partial charge in [0, 0.05) is 33.9 Å². The molecule has 1 aromatic heterocycles. The Labute approximate surface area is 168 Å². The van der Waals surface area contributed by atoms with Crippen molar-refractivity contribution < 1.29 is 4.74 Å². The van der Waals surface area contributed by atoms with Crippen LogP contribution in [0.1, 0.15) is 16.8 Å². The van der Waals surface area contributed by atoms with Gasteiger partial charge in [-0.2, -0.15) is 5.10 Å². The Morgan fingerprint density at radius 1 is 0.962 bits per heavy atom. The first-order chi connectivity index (χ1) is 12.6. The maximum atomic E-state index is 6.49. The Balaban J connectivity index is 1.68. The summed E-state index contributed by atoms with van der Waals surface area (Å²) >= 11 is 10.0. The van der Waals surface area contributed by atoms with Crippen LogP contribution in [0.25, 0.3) is 0 Å². The second-order valence-corrected chi connectivity index (χ2v) is 8.36. The summed E-state index contributed by atoms with van der Waals surface area (Å²) in [5.74, 6) is 2.47. The second kappa shape index (κ2) is 8.89. The van der Waals surface area contributed by atoms with Gasteiger partial charge in [0.2, 0.25) is 0 Å². The Bertz CT molecular complexity index is 861. The fourth-order valence-electron chi connectivity index (χ4n) is 2.47. The average Bonchev–Trinajstić information content (AvgIpc) is 2.93. The fraction of sp³-hybridized carbons (Fsp3) is 0.250. The highest BCUT2D eigenvalue weighted by atomic mass is 35.5. The third-order valence-electron chi connectivity index (χ3n) is 3.99. The molecule has 0 aliphatic heterocycles. The standard InChI is InChI=1S/C20H21ClN2OS2/c1-14-4-8-16(9-5-14)26-13-19-18(20(21)23(2)22-19)12-25-17-10-6-15(24-3)7-11-17/h4-11H,12-13H2,1-3H3. The first-order valence-electron chi connectivity index (χ1n) is 8.23. The van der Waals surface area contributed by atoms with E-state index in [1.165, 1.54) is 15.4 Å². The van der Waals surface area contributed by atoms with Crippen LogP contribution in [0.3, 0.4) is 0 Å². The summed E-state index contributed by atoms with van der Waals surface area (Å²) in [5, 5.41) is 5.33. The third kappa shape index (κ3) is 4.78. The number of nitrogens with zero attached hydrogens (tertiary/aromatic N) is 2. The summed E-state index contributed by atoms with van der Waals surface area (Å²) in [7, 11) is 3.57. The van der Waals surface area contributed by atoms with Crippen molar-refractivity contribution in [2.45, 2.75) is 28.2 Å². The van der Waals surface area contributed by atoms with Gasteiger partial charge in [0.1, 0.15) is 10.9 Å². The van der Waals surface area contributed by atoms with E-state index in [9.17, 15) is 0 Å². The number of thioether (sulfide) groups is 2. The van der Waals surface area contributed by atoms with E-state index < -0.39 is 0 Å². The molecule has 26 heavy (non-hydrogen) atoms. The molecule has 0 bridgehead atoms. The number of aromatic nitrogens is 2. The van der Waals surface area contributed by atoms with Crippen molar-refractivity contribution in [1.29, 1.82) is 0 Å². The Morgan fingerprint density at radius 3 is 2.15 bits per heavy atom. The van der Waals surface area contributed by atoms with Crippen LogP contribution in [0.2, 0.25) is 5.15 Å². The molecule has 0 unspecified atom stereocenters. The zero-order chi connectivity index (χ0) is 18.5. The van der Waals surface area contributed by atoms with E-state index in [-0.39, 0.29) is 0 Å². The summed E-state index contributed by atoms with van der Waals surface area (Å²) < 4.78 is 6.97. The normalized spacial score (nSPS) is 10.9. The van der Waals surface area contributed by atoms with Gasteiger partial charge in [-0.25, -0.2) is 0 Å². The molecule has 0 aliphatic carbocycles. The molecule has 0 spiro atoms. The smallest absolute Gasteiger partial charge is 0.131 e. The molecule has 2 aromatic carbocycles. The van der Waals surface area contributed by atoms with E-state index in [0.29, 0.717) is 5.15 Å². The monoisotopic (exact) mass is 404 g/mol. The first-order valence-corrected chi connectivity index (χ1v) is 10.6. The predicted molar refractivity (Wildman–Crippen MR) is 112 cm³/mol. The lowest BCUT2D eigenvalue weighted by Gasteiger charge is -2.05. The molecule has 0 amide bonds. The van der Waals surface area contributed by atoms with Gasteiger partial charge in [0.25, 0.3) is 0 Å². The molecule has 0 radical (unpaired) electrons. The minimum Gasteiger partial charge on any atom is -0.497 e. The van der Waals surface area contributed by atoms with E-state index in [4.69, 9.17) is 16.3 Å². The number of aryl methyl sites for hydroxylation is 2. The van der Waals surface area contributed by atoms with Gasteiger partial charge < -0.3 is 4.74 Å². The zero-order valence-electron chi connectivity index (χ0n) is 15.0. The molecule has 3 nitrogen and oxygen atoms in total. The lowest BCUT2D eigenvalue weighted by molar-refractivity contribution is 0.414. The molecule has 3 aromatic rings. The van der Waals surface area contributed by atoms with Gasteiger partial charge >= 0.3 is 0 Å². The van der Waals surface area contributed by atoms with Gasteiger partial charge in [-0.05, 0) is 43.3 Å². The van der Waals surface area contributed by atoms with E-state index in [1.807, 2.05) is 19.2 Å². The Kier molecular flexibility index (Phi) is 6.57. The number of ether oxygens (including phenoxy) is 1. The maximum Gasteiger partial charge on any atom is 0.131 e. The summed E-state index contributed by atoms with van der Waals surface area (Å²) in [6.07, 6.45) is 0. The highest BCUT2D eigenvalue weighted by molar-refractivity contribution is 7.99. The molecule has 0 aliphatic rings. The maximum absolute atomic E-state index is 6.49. The second-order valence-electron chi connectivity index (χ2n) is 5.91. The van der Waals surface area contributed by atoms with Crippen LogP contribution >= 0.6 is 35.1 Å². The van der Waals surface area contributed by atoms with Crippen molar-refractivity contribution in [3.63, 3.8) is 0 Å². The van der Waals surface area contributed by atoms with Crippen LogP contribution in [0.15, 0.2) is 58.3 Å². The first kappa shape index (κ1) is 19.2. The van der Waals surface area contributed by atoms with Crippen molar-refractivity contribution in [3.8, 4) is 5.75 Å². The number of hydrogen-bond acceptors (Lipinski definition) is 4. The molecular formula is C20H21ClN2OS2. The fourth-order valence-corrected chi connectivity index (χ4v) is 4.57. The minimum atomic E-state index is 0.713. The number of methoxy groups -OCH3 is 1. The van der Waals surface area contributed by atoms with E-state index in [2.05, 4.69) is 48.4 Å². The molecule has 3 rings (SSSR count). The molecular weight excluding hydrogens is 384 g/mol. The summed E-state index contributed by atoms with van der Waals surface area (Å²) in [5.41, 5.74) is 3.42. The van der Waals surface area contributed by atoms with Gasteiger partial charge in [-0.15, -0.1) is 23.5 Å². The van der Waals surface area contributed by atoms with Gasteiger partial charge in [0.15, 0.2) is 0 Å². The van der Waals surface area contributed by atoms with Crippen LogP contribution < -0.4 is 4.74 Å². The highest BCUT2D eigenvalue weighted by Crippen LogP contribution is 2.32. The Hall–Kier alpha value is -1.56. The number of benzene rings is 2. The van der Waals surface area contributed by atoms with E-state index in [1.54, 1.807) is 35.3 Å². The number of halogens is 1. The molecule has 0 saturated carbocycles. The van der Waals surface area contributed by atoms with Crippen molar-refractivity contribution in [2.24, 2.45) is 7.05 Å². The molecule has 0 N–H and O–H groups in total. The average molecular weight is 405 g/mol. The predicted octanol–water partition coefficient (Wildman–Crippen LogP) is 5.98. The highest BCUT2D eigenvalue weighted by Gasteiger charge is 2.15. The SMILES string of the molecule is COc1ccc(SCc2c(CSc3ccc(C)cc3)nn(C)c2Cl)cc1. The van der Waals surface area contributed by atoms with E-state index >= 15 is 0 Å². The van der Waals surface area contributed by atoms with Gasteiger partial charge in [0.05, 0.1) is 12.8 Å². The quantitative estimate of drug-likeness (QED) is 0.453. The van der Waals surface area contributed by atoms with Crippen molar-refractivity contribution in [1.82, 2.24) is 9.78 Å². The lowest BCUT2D eigenvalue weighted by Crippen LogP contribution is -1.91. The van der Waals surface area contributed by atoms with Crippen molar-refractivity contribution in [2.75, 3.05) is 7.11 Å². The van der Waals surface area contributed by atoms with Crippen LogP contribution in [0, 0.1) is 6.92 Å². The van der Waals surface area contributed by atoms with Crippen LogP contribution in [-0.2, 0) is 18.6 Å². The lowest BCUT2D eigenvalue weighted by atomic mass is 10.2. The minimum absolute atomic E-state index is 0.713. The van der Waals surface area contributed by atoms with Crippen LogP contribution in [0.5, 0.6) is 5.75 Å². The van der Waals surface area contributed by atoms with Crippen molar-refractivity contribution in [3.05, 3.63) is 70.5 Å². The molecule has 0 saturated heterocycles. The summed E-state index contributed by atoms with van der Waals surface area (Å²) in [6.45, 7) is 2.10. The summed E-state index contributed by atoms with van der Waals surface area (Å²) in [6, 6.07) is 16.6. The number of rotatable bonds is 7. The molecule has 1 heterocycles. The Morgan fingerprint density at radius 2 is 1.54 bits per heavy atom. The van der Waals surface area contributed by atoms with E-state index in [0.717, 1.165) is 28.5 Å². The van der Waals surface area contributed by atoms with Gasteiger partial charge in [-0.1, -0.05) is 29.3 Å². The van der Waals surface area contributed by atoms with Crippen LogP contribution in [0.4, 0.5) is 0 Å². The molecule has 0 atom stereocenters. The number of hydrogen-bond donors (Lipinski definition) is 0. The van der Waals surface area contributed by atoms with Crippen molar-refractivity contribution >= 4 is 35.1 Å². The molecule has 136 valence electrons. The zero-order valence-corrected chi connectivity index (χ0v) is 17.4. The summed E-state index contributed by atoms with van der Waals surface area (Å²) in [4.78, 5) is 2.42. The van der Waals surface area contributed by atoms with Crippen LogP contribution in [-0.4, -0.2) is 16.9 Å². The van der Waals surface area contributed by atoms with Gasteiger partial charge in [-0.3, -0.25) is 4.68 Å². The third-order valence-corrected chi connectivity index (χ3v) is 6.53. The largest absolute Gasteiger partial charge is 0.497 e.